The molecule has 0 bridgehead atoms. The number of aromatic amines is 1. The largest absolute Gasteiger partial charge is 0.402 e. The van der Waals surface area contributed by atoms with E-state index in [0.29, 0.717) is 29.3 Å². The lowest BCUT2D eigenvalue weighted by Crippen LogP contribution is -2.02. The lowest BCUT2D eigenvalue weighted by molar-refractivity contribution is -0.112. The molecule has 0 amide bonds. The maximum atomic E-state index is 10.9. The van der Waals surface area contributed by atoms with Gasteiger partial charge in [0, 0.05) is 21.6 Å². The van der Waals surface area contributed by atoms with E-state index in [0.717, 1.165) is 22.8 Å². The molecule has 1 aromatic carbocycles. The molecule has 104 valence electrons. The van der Waals surface area contributed by atoms with Crippen LogP contribution < -0.4 is 5.73 Å². The van der Waals surface area contributed by atoms with Crippen molar-refractivity contribution in [3.8, 4) is 0 Å². The first-order valence-electron chi connectivity index (χ1n) is 6.22. The van der Waals surface area contributed by atoms with E-state index in [-0.39, 0.29) is 5.78 Å². The maximum Gasteiger partial charge on any atom is 0.166 e. The van der Waals surface area contributed by atoms with Crippen LogP contribution in [0.25, 0.3) is 10.9 Å². The summed E-state index contributed by atoms with van der Waals surface area (Å²) in [4.78, 5) is 24.7. The van der Waals surface area contributed by atoms with Gasteiger partial charge in [-0.3, -0.25) is 9.59 Å². The van der Waals surface area contributed by atoms with E-state index >= 15 is 0 Å². The van der Waals surface area contributed by atoms with Gasteiger partial charge in [-0.15, -0.1) is 0 Å². The number of rotatable bonds is 5. The first-order valence-corrected chi connectivity index (χ1v) is 6.60. The zero-order chi connectivity index (χ0) is 14.7. The van der Waals surface area contributed by atoms with Gasteiger partial charge in [-0.05, 0) is 49.6 Å². The van der Waals surface area contributed by atoms with Gasteiger partial charge in [0.15, 0.2) is 12.1 Å². The number of benzene rings is 1. The highest BCUT2D eigenvalue weighted by Gasteiger charge is 2.07. The number of hydrogen-bond acceptors (Lipinski definition) is 3. The molecule has 20 heavy (non-hydrogen) atoms. The molecule has 1 aromatic heterocycles. The van der Waals surface area contributed by atoms with Crippen LogP contribution in [-0.4, -0.2) is 17.1 Å². The van der Waals surface area contributed by atoms with Crippen LogP contribution in [0, 0.1) is 0 Å². The summed E-state index contributed by atoms with van der Waals surface area (Å²) in [6.07, 6.45) is 3.39. The molecular weight excluding hydrogens is 276 g/mol. The van der Waals surface area contributed by atoms with Crippen LogP contribution in [0.5, 0.6) is 0 Å². The van der Waals surface area contributed by atoms with Crippen LogP contribution in [-0.2, 0) is 11.2 Å². The van der Waals surface area contributed by atoms with Crippen molar-refractivity contribution in [3.63, 3.8) is 0 Å². The normalized spacial score (nSPS) is 11.8. The van der Waals surface area contributed by atoms with Crippen LogP contribution in [0.4, 0.5) is 0 Å². The van der Waals surface area contributed by atoms with Crippen LogP contribution in [0.2, 0.25) is 5.02 Å². The average molecular weight is 291 g/mol. The van der Waals surface area contributed by atoms with Gasteiger partial charge < -0.3 is 10.7 Å². The van der Waals surface area contributed by atoms with E-state index in [1.54, 1.807) is 6.07 Å². The van der Waals surface area contributed by atoms with Crippen LogP contribution in [0.3, 0.4) is 0 Å². The topological polar surface area (TPSA) is 76.0 Å². The van der Waals surface area contributed by atoms with Crippen molar-refractivity contribution in [3.05, 3.63) is 46.3 Å². The molecule has 0 unspecified atom stereocenters. The minimum atomic E-state index is -0.0657. The molecule has 5 heteroatoms. The number of nitrogens with two attached hydrogens (primary N) is 1. The summed E-state index contributed by atoms with van der Waals surface area (Å²) >= 11 is 6.22. The smallest absolute Gasteiger partial charge is 0.166 e. The van der Waals surface area contributed by atoms with Gasteiger partial charge in [0.2, 0.25) is 0 Å². The zero-order valence-electron chi connectivity index (χ0n) is 11.1. The number of H-pyrrole nitrogens is 1. The Labute approximate surface area is 121 Å². The predicted molar refractivity (Wildman–Crippen MR) is 80.0 cm³/mol. The van der Waals surface area contributed by atoms with Crippen molar-refractivity contribution in [1.29, 1.82) is 0 Å². The Hall–Kier alpha value is -2.07. The van der Waals surface area contributed by atoms with E-state index in [1.807, 2.05) is 12.1 Å². The summed E-state index contributed by atoms with van der Waals surface area (Å²) in [5.41, 5.74) is 8.60. The van der Waals surface area contributed by atoms with E-state index in [1.165, 1.54) is 13.0 Å². The zero-order valence-corrected chi connectivity index (χ0v) is 11.8. The quantitative estimate of drug-likeness (QED) is 0.656. The van der Waals surface area contributed by atoms with Crippen molar-refractivity contribution >= 4 is 34.6 Å². The second-order valence-corrected chi connectivity index (χ2v) is 5.11. The fraction of sp³-hybridized carbons (Fsp3) is 0.200. The van der Waals surface area contributed by atoms with E-state index in [4.69, 9.17) is 17.3 Å². The van der Waals surface area contributed by atoms with Gasteiger partial charge in [0.25, 0.3) is 0 Å². The molecule has 2 aromatic rings. The first kappa shape index (κ1) is 14.3. The molecular formula is C15H15ClN2O2. The highest BCUT2D eigenvalue weighted by Crippen LogP contribution is 2.25. The third kappa shape index (κ3) is 3.27. The Morgan fingerprint density at radius 2 is 2.15 bits per heavy atom. The highest BCUT2D eigenvalue weighted by atomic mass is 35.5. The van der Waals surface area contributed by atoms with Crippen molar-refractivity contribution in [1.82, 2.24) is 4.98 Å². The van der Waals surface area contributed by atoms with E-state index < -0.39 is 0 Å². The lowest BCUT2D eigenvalue weighted by atomic mass is 10.1. The van der Waals surface area contributed by atoms with Crippen LogP contribution >= 0.6 is 11.6 Å². The molecule has 0 atom stereocenters. The third-order valence-electron chi connectivity index (χ3n) is 3.01. The molecule has 0 aliphatic heterocycles. The summed E-state index contributed by atoms with van der Waals surface area (Å²) in [5.74, 6) is -0.0657. The summed E-state index contributed by atoms with van der Waals surface area (Å²) in [6.45, 7) is 1.46. The molecule has 0 fully saturated rings. The molecule has 0 aliphatic rings. The summed E-state index contributed by atoms with van der Waals surface area (Å²) in [7, 11) is 0. The second-order valence-electron chi connectivity index (χ2n) is 4.70. The Morgan fingerprint density at radius 3 is 2.80 bits per heavy atom. The third-order valence-corrected chi connectivity index (χ3v) is 3.36. The molecule has 0 radical (unpaired) electrons. The number of aldehydes is 1. The van der Waals surface area contributed by atoms with Gasteiger partial charge in [-0.1, -0.05) is 11.6 Å². The standard InChI is InChI=1S/C15H15ClN2O2/c1-9(20)4-12(17)3-2-10-7-15-11(6-14(10)16)5-13(8-19)18-15/h4-8,18H,2-3,17H2,1H3/b12-4-. The first-order chi connectivity index (χ1) is 9.49. The van der Waals surface area contributed by atoms with Crippen molar-refractivity contribution < 1.29 is 9.59 Å². The number of allylic oxidation sites excluding steroid dienone is 2. The summed E-state index contributed by atoms with van der Waals surface area (Å²) < 4.78 is 0. The molecule has 0 aliphatic carbocycles. The Bertz CT molecular complexity index is 701. The van der Waals surface area contributed by atoms with Crippen LogP contribution in [0.15, 0.2) is 30.0 Å². The van der Waals surface area contributed by atoms with Gasteiger partial charge in [-0.2, -0.15) is 0 Å². The van der Waals surface area contributed by atoms with Crippen LogP contribution in [0.1, 0.15) is 29.4 Å². The van der Waals surface area contributed by atoms with Crippen molar-refractivity contribution in [2.24, 2.45) is 5.73 Å². The number of aryl methyl sites for hydroxylation is 1. The second kappa shape index (κ2) is 5.92. The highest BCUT2D eigenvalue weighted by molar-refractivity contribution is 6.32. The minimum absolute atomic E-state index is 0.0657. The summed E-state index contributed by atoms with van der Waals surface area (Å²) in [6, 6.07) is 5.48. The van der Waals surface area contributed by atoms with Gasteiger partial charge in [0.05, 0.1) is 5.69 Å². The number of carbonyl (C=O) groups excluding carboxylic acids is 2. The van der Waals surface area contributed by atoms with Gasteiger partial charge in [-0.25, -0.2) is 0 Å². The van der Waals surface area contributed by atoms with Crippen molar-refractivity contribution in [2.75, 3.05) is 0 Å². The molecule has 4 nitrogen and oxygen atoms in total. The number of nitrogens with one attached hydrogen (secondary N) is 1. The maximum absolute atomic E-state index is 10.9. The molecule has 1 heterocycles. The number of carbonyl (C=O) groups is 2. The van der Waals surface area contributed by atoms with Crippen molar-refractivity contribution in [2.45, 2.75) is 19.8 Å². The van der Waals surface area contributed by atoms with Gasteiger partial charge in [0.1, 0.15) is 0 Å². The Balaban J connectivity index is 2.23. The van der Waals surface area contributed by atoms with Gasteiger partial charge >= 0.3 is 0 Å². The monoisotopic (exact) mass is 290 g/mol. The SMILES string of the molecule is CC(=O)/C=C(\N)CCc1cc2[nH]c(C=O)cc2cc1Cl. The fourth-order valence-electron chi connectivity index (χ4n) is 2.09. The minimum Gasteiger partial charge on any atom is -0.402 e. The Morgan fingerprint density at radius 1 is 1.40 bits per heavy atom. The summed E-state index contributed by atoms with van der Waals surface area (Å²) in [5, 5.41) is 1.53. The Kier molecular flexibility index (Phi) is 4.25. The molecule has 0 saturated heterocycles. The number of aromatic nitrogens is 1. The van der Waals surface area contributed by atoms with E-state index in [2.05, 4.69) is 4.98 Å². The number of ketones is 1. The molecule has 0 spiro atoms. The predicted octanol–water partition coefficient (Wildman–Crippen LogP) is 3.00. The molecule has 2 rings (SSSR count). The molecule has 3 N–H and O–H groups in total. The fourth-order valence-corrected chi connectivity index (χ4v) is 2.35. The number of fused-ring (bicyclic) bond motifs is 1. The average Bonchev–Trinajstić information content (AvgIpc) is 2.77. The molecule has 0 saturated carbocycles. The number of hydrogen-bond donors (Lipinski definition) is 2. The lowest BCUT2D eigenvalue weighted by Gasteiger charge is -2.05. The van der Waals surface area contributed by atoms with E-state index in [9.17, 15) is 9.59 Å². The number of halogens is 1.